The number of aryl methyl sites for hydroxylation is 3. The summed E-state index contributed by atoms with van der Waals surface area (Å²) in [6.07, 6.45) is 4.26. The summed E-state index contributed by atoms with van der Waals surface area (Å²) >= 11 is 3.16. The molecule has 0 atom stereocenters. The third kappa shape index (κ3) is 3.87. The number of carbonyl (C=O) groups is 1. The highest BCUT2D eigenvalue weighted by Gasteiger charge is 2.23. The Morgan fingerprint density at radius 2 is 1.81 bits per heavy atom. The molecule has 0 saturated heterocycles. The van der Waals surface area contributed by atoms with E-state index in [2.05, 4.69) is 0 Å². The van der Waals surface area contributed by atoms with Crippen LogP contribution in [0.15, 0.2) is 58.5 Å². The van der Waals surface area contributed by atoms with Crippen LogP contribution < -0.4 is 5.56 Å². The van der Waals surface area contributed by atoms with Crippen molar-refractivity contribution in [1.29, 1.82) is 0 Å². The van der Waals surface area contributed by atoms with E-state index in [1.54, 1.807) is 28.0 Å². The van der Waals surface area contributed by atoms with E-state index < -0.39 is 5.97 Å². The van der Waals surface area contributed by atoms with E-state index in [1.165, 1.54) is 28.6 Å². The molecule has 2 aromatic carbocycles. The van der Waals surface area contributed by atoms with E-state index in [4.69, 9.17) is 10.1 Å². The minimum Gasteiger partial charge on any atom is -0.478 e. The number of rotatable bonds is 5. The average Bonchev–Trinajstić information content (AvgIpc) is 3.17. The van der Waals surface area contributed by atoms with Crippen LogP contribution in [0.3, 0.4) is 0 Å². The molecule has 2 heterocycles. The molecule has 5 rings (SSSR count). The molecule has 2 aromatic heterocycles. The van der Waals surface area contributed by atoms with Gasteiger partial charge in [-0.15, -0.1) is 11.3 Å². The third-order valence-corrected chi connectivity index (χ3v) is 8.01. The maximum absolute atomic E-state index is 13.7. The zero-order valence-corrected chi connectivity index (χ0v) is 19.3. The predicted octanol–water partition coefficient (Wildman–Crippen LogP) is 5.62. The highest BCUT2D eigenvalue weighted by molar-refractivity contribution is 7.98. The van der Waals surface area contributed by atoms with E-state index in [1.807, 2.05) is 43.3 Å². The summed E-state index contributed by atoms with van der Waals surface area (Å²) in [5.74, 6) is -0.347. The second kappa shape index (κ2) is 8.56. The molecule has 32 heavy (non-hydrogen) atoms. The fourth-order valence-corrected chi connectivity index (χ4v) is 6.37. The van der Waals surface area contributed by atoms with Crippen molar-refractivity contribution in [3.63, 3.8) is 0 Å². The molecule has 0 aliphatic heterocycles. The van der Waals surface area contributed by atoms with E-state index >= 15 is 0 Å². The van der Waals surface area contributed by atoms with Gasteiger partial charge in [-0.1, -0.05) is 41.6 Å². The SMILES string of the molecule is Cc1ccc(-n2c(SCc3ccc(C(=O)O)cc3)nc3sc4c(c3c2=O)CCCC4)cc1. The highest BCUT2D eigenvalue weighted by atomic mass is 32.2. The molecule has 0 unspecified atom stereocenters. The number of thiophene rings is 1. The van der Waals surface area contributed by atoms with Crippen molar-refractivity contribution >= 4 is 39.3 Å². The van der Waals surface area contributed by atoms with Crippen molar-refractivity contribution in [1.82, 2.24) is 9.55 Å². The zero-order chi connectivity index (χ0) is 22.2. The molecule has 162 valence electrons. The summed E-state index contributed by atoms with van der Waals surface area (Å²) in [5, 5.41) is 10.6. The molecule has 0 radical (unpaired) electrons. The summed E-state index contributed by atoms with van der Waals surface area (Å²) in [6, 6.07) is 14.8. The lowest BCUT2D eigenvalue weighted by Crippen LogP contribution is -2.22. The number of thioether (sulfide) groups is 1. The normalized spacial score (nSPS) is 13.3. The van der Waals surface area contributed by atoms with Gasteiger partial charge >= 0.3 is 5.97 Å². The van der Waals surface area contributed by atoms with Gasteiger partial charge in [-0.2, -0.15) is 0 Å². The standard InChI is InChI=1S/C25H22N2O3S2/c1-15-6-12-18(13-7-15)27-23(28)21-19-4-2-3-5-20(19)32-22(21)26-25(27)31-14-16-8-10-17(11-9-16)24(29)30/h6-13H,2-5,14H2,1H3,(H,29,30). The molecule has 4 aromatic rings. The van der Waals surface area contributed by atoms with Gasteiger partial charge in [0.1, 0.15) is 4.83 Å². The lowest BCUT2D eigenvalue weighted by Gasteiger charge is -2.14. The number of benzene rings is 2. The first-order chi connectivity index (χ1) is 15.5. The van der Waals surface area contributed by atoms with Crippen LogP contribution in [0.4, 0.5) is 0 Å². The highest BCUT2D eigenvalue weighted by Crippen LogP contribution is 2.35. The fourth-order valence-electron chi connectivity index (χ4n) is 4.10. The van der Waals surface area contributed by atoms with Gasteiger partial charge in [-0.3, -0.25) is 9.36 Å². The van der Waals surface area contributed by atoms with Crippen molar-refractivity contribution in [3.05, 3.63) is 86.0 Å². The Balaban J connectivity index is 1.60. The first-order valence-corrected chi connectivity index (χ1v) is 12.4. The molecule has 0 amide bonds. The molecular formula is C25H22N2O3S2. The topological polar surface area (TPSA) is 72.2 Å². The Kier molecular flexibility index (Phi) is 5.61. The second-order valence-corrected chi connectivity index (χ2v) is 10.1. The van der Waals surface area contributed by atoms with E-state index in [0.29, 0.717) is 10.9 Å². The zero-order valence-electron chi connectivity index (χ0n) is 17.6. The van der Waals surface area contributed by atoms with Crippen molar-refractivity contribution in [2.24, 2.45) is 0 Å². The van der Waals surface area contributed by atoms with E-state index in [-0.39, 0.29) is 11.1 Å². The molecule has 0 fully saturated rings. The summed E-state index contributed by atoms with van der Waals surface area (Å²) in [4.78, 5) is 31.9. The number of carboxylic acids is 1. The van der Waals surface area contributed by atoms with Crippen LogP contribution in [-0.4, -0.2) is 20.6 Å². The average molecular weight is 463 g/mol. The van der Waals surface area contributed by atoms with Crippen LogP contribution in [-0.2, 0) is 18.6 Å². The molecule has 1 N–H and O–H groups in total. The quantitative estimate of drug-likeness (QED) is 0.308. The smallest absolute Gasteiger partial charge is 0.335 e. The molecule has 1 aliphatic carbocycles. The van der Waals surface area contributed by atoms with Crippen molar-refractivity contribution in [2.45, 2.75) is 43.5 Å². The predicted molar refractivity (Wildman–Crippen MR) is 130 cm³/mol. The molecule has 7 heteroatoms. The van der Waals surface area contributed by atoms with Crippen LogP contribution in [0.25, 0.3) is 15.9 Å². The lowest BCUT2D eigenvalue weighted by molar-refractivity contribution is 0.0697. The van der Waals surface area contributed by atoms with Gasteiger partial charge in [-0.05, 0) is 68.0 Å². The monoisotopic (exact) mass is 462 g/mol. The Labute approximate surface area is 193 Å². The maximum Gasteiger partial charge on any atom is 0.335 e. The van der Waals surface area contributed by atoms with Crippen molar-refractivity contribution in [3.8, 4) is 5.69 Å². The number of hydrogen-bond acceptors (Lipinski definition) is 5. The van der Waals surface area contributed by atoms with Gasteiger partial charge in [0, 0.05) is 10.6 Å². The van der Waals surface area contributed by atoms with Gasteiger partial charge in [0.2, 0.25) is 0 Å². The van der Waals surface area contributed by atoms with Gasteiger partial charge in [0.15, 0.2) is 5.16 Å². The number of hydrogen-bond donors (Lipinski definition) is 1. The molecule has 5 nitrogen and oxygen atoms in total. The number of nitrogens with zero attached hydrogens (tertiary/aromatic N) is 2. The first-order valence-electron chi connectivity index (χ1n) is 10.6. The molecule has 1 aliphatic rings. The Hall–Kier alpha value is -2.90. The molecule has 0 saturated carbocycles. The maximum atomic E-state index is 13.7. The summed E-state index contributed by atoms with van der Waals surface area (Å²) in [5.41, 5.74) is 4.39. The van der Waals surface area contributed by atoms with Gasteiger partial charge < -0.3 is 5.11 Å². The summed E-state index contributed by atoms with van der Waals surface area (Å²) in [7, 11) is 0. The van der Waals surface area contributed by atoms with Crippen molar-refractivity contribution in [2.75, 3.05) is 0 Å². The molecule has 0 spiro atoms. The van der Waals surface area contributed by atoms with Gasteiger partial charge in [-0.25, -0.2) is 9.78 Å². The van der Waals surface area contributed by atoms with Crippen LogP contribution in [0.2, 0.25) is 0 Å². The van der Waals surface area contributed by atoms with E-state index in [0.717, 1.165) is 46.3 Å². The number of fused-ring (bicyclic) bond motifs is 3. The Bertz CT molecular complexity index is 1370. The van der Waals surface area contributed by atoms with Crippen LogP contribution >= 0.6 is 23.1 Å². The van der Waals surface area contributed by atoms with Gasteiger partial charge in [0.05, 0.1) is 16.6 Å². The Morgan fingerprint density at radius 1 is 1.09 bits per heavy atom. The van der Waals surface area contributed by atoms with Crippen molar-refractivity contribution < 1.29 is 9.90 Å². The van der Waals surface area contributed by atoms with Crippen LogP contribution in [0, 0.1) is 6.92 Å². The number of aromatic nitrogens is 2. The fraction of sp³-hybridized carbons (Fsp3) is 0.240. The lowest BCUT2D eigenvalue weighted by atomic mass is 9.97. The third-order valence-electron chi connectivity index (χ3n) is 5.82. The Morgan fingerprint density at radius 3 is 2.53 bits per heavy atom. The minimum atomic E-state index is -0.939. The summed E-state index contributed by atoms with van der Waals surface area (Å²) in [6.45, 7) is 2.03. The number of carboxylic acid groups (broad SMARTS) is 1. The second-order valence-electron chi connectivity index (χ2n) is 8.05. The molecule has 0 bridgehead atoms. The number of aromatic carboxylic acids is 1. The molecular weight excluding hydrogens is 440 g/mol. The summed E-state index contributed by atoms with van der Waals surface area (Å²) < 4.78 is 1.74. The van der Waals surface area contributed by atoms with Gasteiger partial charge in [0.25, 0.3) is 5.56 Å². The first kappa shape index (κ1) is 21.0. The van der Waals surface area contributed by atoms with Crippen LogP contribution in [0.5, 0.6) is 0 Å². The largest absolute Gasteiger partial charge is 0.478 e. The van der Waals surface area contributed by atoms with Crippen LogP contribution in [0.1, 0.15) is 44.8 Å². The minimum absolute atomic E-state index is 0.00183. The van der Waals surface area contributed by atoms with E-state index in [9.17, 15) is 9.59 Å².